The third-order valence-electron chi connectivity index (χ3n) is 4.07. The summed E-state index contributed by atoms with van der Waals surface area (Å²) in [7, 11) is -3.38. The van der Waals surface area contributed by atoms with Crippen LogP contribution in [0.2, 0.25) is 0 Å². The Morgan fingerprint density at radius 1 is 1.25 bits per heavy atom. The van der Waals surface area contributed by atoms with E-state index in [0.717, 1.165) is 24.0 Å². The van der Waals surface area contributed by atoms with Gasteiger partial charge in [0.25, 0.3) is 0 Å². The molecule has 0 aliphatic carbocycles. The van der Waals surface area contributed by atoms with Crippen LogP contribution in [0.4, 0.5) is 5.69 Å². The van der Waals surface area contributed by atoms with E-state index in [0.29, 0.717) is 25.1 Å². The number of anilines is 1. The van der Waals surface area contributed by atoms with E-state index in [1.165, 1.54) is 10.6 Å². The standard InChI is InChI=1S/C18H30N2O3S/c1-6-8-16(4)19-18(21)9-7-12-20(24(5,22)23)17-11-10-14(2)15(3)13-17/h10-11,13,16H,6-9,12H2,1-5H3,(H,19,21)/t16-/m0/s1. The summed E-state index contributed by atoms with van der Waals surface area (Å²) in [6.07, 6.45) is 3.99. The van der Waals surface area contributed by atoms with Crippen LogP contribution in [0, 0.1) is 13.8 Å². The highest BCUT2D eigenvalue weighted by atomic mass is 32.2. The number of nitrogens with zero attached hydrogens (tertiary/aromatic N) is 1. The van der Waals surface area contributed by atoms with Gasteiger partial charge in [-0.3, -0.25) is 9.10 Å². The van der Waals surface area contributed by atoms with E-state index in [-0.39, 0.29) is 11.9 Å². The second-order valence-corrected chi connectivity index (χ2v) is 8.37. The SMILES string of the molecule is CCC[C@H](C)NC(=O)CCCN(c1ccc(C)c(C)c1)S(C)(=O)=O. The van der Waals surface area contributed by atoms with Crippen LogP contribution in [0.3, 0.4) is 0 Å². The largest absolute Gasteiger partial charge is 0.354 e. The molecule has 24 heavy (non-hydrogen) atoms. The first-order valence-corrected chi connectivity index (χ1v) is 10.3. The summed E-state index contributed by atoms with van der Waals surface area (Å²) in [5, 5.41) is 2.94. The minimum atomic E-state index is -3.38. The smallest absolute Gasteiger partial charge is 0.232 e. The highest BCUT2D eigenvalue weighted by Crippen LogP contribution is 2.21. The van der Waals surface area contributed by atoms with Gasteiger partial charge in [-0.05, 0) is 56.9 Å². The normalized spacial score (nSPS) is 12.7. The lowest BCUT2D eigenvalue weighted by molar-refractivity contribution is -0.121. The first kappa shape index (κ1) is 20.5. The minimum absolute atomic E-state index is 0.0236. The van der Waals surface area contributed by atoms with Crippen molar-refractivity contribution in [3.63, 3.8) is 0 Å². The fourth-order valence-electron chi connectivity index (χ4n) is 2.60. The molecule has 0 aliphatic heterocycles. The number of carbonyl (C=O) groups is 1. The first-order chi connectivity index (χ1) is 11.1. The number of hydrogen-bond donors (Lipinski definition) is 1. The fraction of sp³-hybridized carbons (Fsp3) is 0.611. The molecule has 1 amide bonds. The van der Waals surface area contributed by atoms with Crippen molar-refractivity contribution < 1.29 is 13.2 Å². The second kappa shape index (κ2) is 9.06. The number of aryl methyl sites for hydroxylation is 2. The van der Waals surface area contributed by atoms with E-state index >= 15 is 0 Å². The Labute approximate surface area is 146 Å². The molecular formula is C18H30N2O3S. The number of rotatable bonds is 9. The Kier molecular flexibility index (Phi) is 7.73. The van der Waals surface area contributed by atoms with Crippen molar-refractivity contribution in [3.05, 3.63) is 29.3 Å². The van der Waals surface area contributed by atoms with Crippen LogP contribution in [-0.4, -0.2) is 33.2 Å². The number of hydrogen-bond acceptors (Lipinski definition) is 3. The molecule has 0 spiro atoms. The molecule has 136 valence electrons. The second-order valence-electron chi connectivity index (χ2n) is 6.46. The van der Waals surface area contributed by atoms with Crippen LogP contribution in [0.1, 0.15) is 50.7 Å². The van der Waals surface area contributed by atoms with Gasteiger partial charge in [0.1, 0.15) is 0 Å². The molecule has 1 aromatic carbocycles. The van der Waals surface area contributed by atoms with Crippen LogP contribution in [0.25, 0.3) is 0 Å². The number of nitrogens with one attached hydrogen (secondary N) is 1. The Morgan fingerprint density at radius 3 is 2.46 bits per heavy atom. The highest BCUT2D eigenvalue weighted by Gasteiger charge is 2.18. The highest BCUT2D eigenvalue weighted by molar-refractivity contribution is 7.92. The van der Waals surface area contributed by atoms with Gasteiger partial charge in [-0.1, -0.05) is 19.4 Å². The lowest BCUT2D eigenvalue weighted by atomic mass is 10.1. The molecule has 0 fully saturated rings. The van der Waals surface area contributed by atoms with Crippen LogP contribution in [0.5, 0.6) is 0 Å². The van der Waals surface area contributed by atoms with Gasteiger partial charge in [0, 0.05) is 19.0 Å². The molecule has 0 saturated heterocycles. The summed E-state index contributed by atoms with van der Waals surface area (Å²) < 4.78 is 25.6. The predicted molar refractivity (Wildman–Crippen MR) is 99.9 cm³/mol. The molecule has 1 aromatic rings. The Morgan fingerprint density at radius 2 is 1.92 bits per heavy atom. The molecule has 5 nitrogen and oxygen atoms in total. The van der Waals surface area contributed by atoms with E-state index in [1.807, 2.05) is 39.0 Å². The molecule has 0 saturated carbocycles. The van der Waals surface area contributed by atoms with E-state index in [2.05, 4.69) is 12.2 Å². The minimum Gasteiger partial charge on any atom is -0.354 e. The van der Waals surface area contributed by atoms with Gasteiger partial charge >= 0.3 is 0 Å². The van der Waals surface area contributed by atoms with Gasteiger partial charge in [-0.15, -0.1) is 0 Å². The van der Waals surface area contributed by atoms with Crippen LogP contribution < -0.4 is 9.62 Å². The third-order valence-corrected chi connectivity index (χ3v) is 5.27. The van der Waals surface area contributed by atoms with E-state index in [9.17, 15) is 13.2 Å². The molecule has 1 N–H and O–H groups in total. The lowest BCUT2D eigenvalue weighted by Crippen LogP contribution is -2.34. The average molecular weight is 355 g/mol. The predicted octanol–water partition coefficient (Wildman–Crippen LogP) is 3.15. The summed E-state index contributed by atoms with van der Waals surface area (Å²) in [5.74, 6) is -0.0236. The van der Waals surface area contributed by atoms with Crippen molar-refractivity contribution in [2.24, 2.45) is 0 Å². The first-order valence-electron chi connectivity index (χ1n) is 8.49. The monoisotopic (exact) mass is 354 g/mol. The van der Waals surface area contributed by atoms with Gasteiger partial charge in [-0.2, -0.15) is 0 Å². The van der Waals surface area contributed by atoms with Crippen molar-refractivity contribution in [1.82, 2.24) is 5.32 Å². The van der Waals surface area contributed by atoms with Crippen LogP contribution >= 0.6 is 0 Å². The van der Waals surface area contributed by atoms with Gasteiger partial charge in [0.2, 0.25) is 15.9 Å². The van der Waals surface area contributed by atoms with Crippen molar-refractivity contribution in [2.75, 3.05) is 17.1 Å². The zero-order valence-corrected chi connectivity index (χ0v) is 16.2. The quantitative estimate of drug-likeness (QED) is 0.741. The molecular weight excluding hydrogens is 324 g/mol. The molecule has 0 bridgehead atoms. The van der Waals surface area contributed by atoms with Gasteiger partial charge in [-0.25, -0.2) is 8.42 Å². The number of amides is 1. The summed E-state index contributed by atoms with van der Waals surface area (Å²) in [5.41, 5.74) is 2.82. The van der Waals surface area contributed by atoms with E-state index in [4.69, 9.17) is 0 Å². The summed E-state index contributed by atoms with van der Waals surface area (Å²) in [6.45, 7) is 8.32. The maximum Gasteiger partial charge on any atom is 0.232 e. The maximum atomic E-state index is 12.1. The molecule has 1 rings (SSSR count). The Hall–Kier alpha value is -1.56. The van der Waals surface area contributed by atoms with Gasteiger partial charge in [0.15, 0.2) is 0 Å². The molecule has 1 atom stereocenters. The zero-order chi connectivity index (χ0) is 18.3. The van der Waals surface area contributed by atoms with Crippen LogP contribution in [0.15, 0.2) is 18.2 Å². The maximum absolute atomic E-state index is 12.1. The van der Waals surface area contributed by atoms with Gasteiger partial charge < -0.3 is 5.32 Å². The lowest BCUT2D eigenvalue weighted by Gasteiger charge is -2.23. The van der Waals surface area contributed by atoms with Crippen molar-refractivity contribution in [3.8, 4) is 0 Å². The summed E-state index contributed by atoms with van der Waals surface area (Å²) in [4.78, 5) is 11.9. The van der Waals surface area contributed by atoms with Crippen molar-refractivity contribution >= 4 is 21.6 Å². The zero-order valence-electron chi connectivity index (χ0n) is 15.4. The van der Waals surface area contributed by atoms with Crippen molar-refractivity contribution in [1.29, 1.82) is 0 Å². The van der Waals surface area contributed by atoms with Crippen molar-refractivity contribution in [2.45, 2.75) is 59.4 Å². The Bertz CT molecular complexity index is 656. The van der Waals surface area contributed by atoms with Crippen LogP contribution in [-0.2, 0) is 14.8 Å². The molecule has 0 unspecified atom stereocenters. The van der Waals surface area contributed by atoms with E-state index in [1.54, 1.807) is 0 Å². The summed E-state index contributed by atoms with van der Waals surface area (Å²) in [6, 6.07) is 5.77. The Balaban J connectivity index is 2.69. The number of sulfonamides is 1. The summed E-state index contributed by atoms with van der Waals surface area (Å²) >= 11 is 0. The number of carbonyl (C=O) groups excluding carboxylic acids is 1. The molecule has 0 heterocycles. The van der Waals surface area contributed by atoms with Gasteiger partial charge in [0.05, 0.1) is 11.9 Å². The average Bonchev–Trinajstić information content (AvgIpc) is 2.45. The fourth-order valence-corrected chi connectivity index (χ4v) is 3.56. The van der Waals surface area contributed by atoms with E-state index < -0.39 is 10.0 Å². The molecule has 6 heteroatoms. The molecule has 0 aliphatic rings. The topological polar surface area (TPSA) is 66.5 Å². The third kappa shape index (κ3) is 6.51. The number of benzene rings is 1. The molecule has 0 aromatic heterocycles. The molecule has 0 radical (unpaired) electrons.